The highest BCUT2D eigenvalue weighted by molar-refractivity contribution is 5.86. The highest BCUT2D eigenvalue weighted by atomic mass is 16.1. The highest BCUT2D eigenvalue weighted by Gasteiger charge is 2.54. The maximum atomic E-state index is 10.8. The lowest BCUT2D eigenvalue weighted by molar-refractivity contribution is -0.119. The average Bonchev–Trinajstić information content (AvgIpc) is 2.13. The van der Waals surface area contributed by atoms with E-state index in [1.807, 2.05) is 0 Å². The Labute approximate surface area is 49.1 Å². The van der Waals surface area contributed by atoms with E-state index in [0.717, 1.165) is 18.3 Å². The molecule has 0 aromatic carbocycles. The molecule has 0 radical (unpaired) electrons. The third kappa shape index (κ3) is 0.355. The lowest BCUT2D eigenvalue weighted by Crippen LogP contribution is -1.95. The Balaban J connectivity index is 2.18. The van der Waals surface area contributed by atoms with Crippen LogP contribution in [-0.2, 0) is 4.79 Å². The van der Waals surface area contributed by atoms with Crippen LogP contribution in [0.15, 0.2) is 0 Å². The number of rotatable bonds is 0. The van der Waals surface area contributed by atoms with Crippen LogP contribution in [0, 0.1) is 17.8 Å². The molecule has 0 amide bonds. The van der Waals surface area contributed by atoms with Gasteiger partial charge in [-0.25, -0.2) is 0 Å². The van der Waals surface area contributed by atoms with Crippen LogP contribution in [0.4, 0.5) is 0 Å². The lowest BCUT2D eigenvalue weighted by Gasteiger charge is -1.89. The summed E-state index contributed by atoms with van der Waals surface area (Å²) in [6.07, 6.45) is 2.06. The SMILES string of the molecule is C[C@H]1[C@@H]2CCC(=O)[C@H]12. The number of hydrogen-bond acceptors (Lipinski definition) is 1. The largest absolute Gasteiger partial charge is 0.299 e. The summed E-state index contributed by atoms with van der Waals surface area (Å²) >= 11 is 0. The van der Waals surface area contributed by atoms with E-state index >= 15 is 0 Å². The Kier molecular flexibility index (Phi) is 0.651. The van der Waals surface area contributed by atoms with E-state index in [2.05, 4.69) is 6.92 Å². The molecule has 3 atom stereocenters. The van der Waals surface area contributed by atoms with Crippen molar-refractivity contribution < 1.29 is 4.79 Å². The molecule has 0 saturated heterocycles. The van der Waals surface area contributed by atoms with E-state index in [-0.39, 0.29) is 0 Å². The molecule has 2 saturated carbocycles. The predicted octanol–water partition coefficient (Wildman–Crippen LogP) is 1.23. The van der Waals surface area contributed by atoms with Gasteiger partial charge in [-0.2, -0.15) is 0 Å². The maximum Gasteiger partial charge on any atom is 0.136 e. The molecule has 0 aromatic heterocycles. The molecule has 2 aliphatic rings. The van der Waals surface area contributed by atoms with Gasteiger partial charge in [0.05, 0.1) is 0 Å². The quantitative estimate of drug-likeness (QED) is 0.458. The van der Waals surface area contributed by atoms with Crippen molar-refractivity contribution in [1.29, 1.82) is 0 Å². The van der Waals surface area contributed by atoms with Crippen molar-refractivity contribution in [3.8, 4) is 0 Å². The van der Waals surface area contributed by atoms with Crippen molar-refractivity contribution in [2.45, 2.75) is 19.8 Å². The van der Waals surface area contributed by atoms with Gasteiger partial charge in [0.2, 0.25) is 0 Å². The molecule has 8 heavy (non-hydrogen) atoms. The molecule has 0 aromatic rings. The fourth-order valence-corrected chi connectivity index (χ4v) is 2.00. The van der Waals surface area contributed by atoms with Gasteiger partial charge < -0.3 is 0 Å². The molecule has 0 N–H and O–H groups in total. The zero-order valence-electron chi connectivity index (χ0n) is 5.05. The molecule has 1 heteroatoms. The van der Waals surface area contributed by atoms with Crippen molar-refractivity contribution in [1.82, 2.24) is 0 Å². The van der Waals surface area contributed by atoms with Crippen LogP contribution in [0.1, 0.15) is 19.8 Å². The zero-order valence-corrected chi connectivity index (χ0v) is 5.05. The van der Waals surface area contributed by atoms with Gasteiger partial charge in [0, 0.05) is 12.3 Å². The van der Waals surface area contributed by atoms with Crippen LogP contribution in [0.2, 0.25) is 0 Å². The van der Waals surface area contributed by atoms with Gasteiger partial charge in [-0.3, -0.25) is 4.79 Å². The third-order valence-electron chi connectivity index (χ3n) is 2.66. The second-order valence-electron chi connectivity index (χ2n) is 3.05. The van der Waals surface area contributed by atoms with Crippen LogP contribution < -0.4 is 0 Å². The first-order valence-corrected chi connectivity index (χ1v) is 3.33. The highest BCUT2D eigenvalue weighted by Crippen LogP contribution is 2.54. The van der Waals surface area contributed by atoms with Crippen molar-refractivity contribution in [2.75, 3.05) is 0 Å². The van der Waals surface area contributed by atoms with Crippen LogP contribution in [0.3, 0.4) is 0 Å². The molecular formula is C7H10O. The lowest BCUT2D eigenvalue weighted by atomic mass is 10.2. The Morgan fingerprint density at radius 2 is 2.38 bits per heavy atom. The summed E-state index contributed by atoms with van der Waals surface area (Å²) in [6.45, 7) is 2.19. The van der Waals surface area contributed by atoms with E-state index in [0.29, 0.717) is 11.7 Å². The molecule has 2 fully saturated rings. The number of carbonyl (C=O) groups excluding carboxylic acids is 1. The topological polar surface area (TPSA) is 17.1 Å². The first kappa shape index (κ1) is 4.54. The Hall–Kier alpha value is -0.330. The summed E-state index contributed by atoms with van der Waals surface area (Å²) < 4.78 is 0. The van der Waals surface area contributed by atoms with Crippen LogP contribution >= 0.6 is 0 Å². The van der Waals surface area contributed by atoms with E-state index in [1.165, 1.54) is 6.42 Å². The summed E-state index contributed by atoms with van der Waals surface area (Å²) in [5, 5.41) is 0. The number of carbonyl (C=O) groups is 1. The van der Waals surface area contributed by atoms with Crippen LogP contribution in [0.25, 0.3) is 0 Å². The number of Topliss-reactive ketones (excluding diaryl/α,β-unsaturated/α-hetero) is 1. The molecule has 2 rings (SSSR count). The molecule has 0 aliphatic heterocycles. The van der Waals surface area contributed by atoms with Gasteiger partial charge in [-0.05, 0) is 18.3 Å². The monoisotopic (exact) mass is 110 g/mol. The third-order valence-corrected chi connectivity index (χ3v) is 2.66. The molecule has 0 spiro atoms. The van der Waals surface area contributed by atoms with Gasteiger partial charge in [0.25, 0.3) is 0 Å². The van der Waals surface area contributed by atoms with Crippen molar-refractivity contribution in [3.63, 3.8) is 0 Å². The fraction of sp³-hybridized carbons (Fsp3) is 0.857. The molecule has 2 aliphatic carbocycles. The molecule has 0 bridgehead atoms. The molecule has 0 unspecified atom stereocenters. The van der Waals surface area contributed by atoms with Gasteiger partial charge in [0.15, 0.2) is 0 Å². The van der Waals surface area contributed by atoms with Crippen LogP contribution in [-0.4, -0.2) is 5.78 Å². The average molecular weight is 110 g/mol. The Morgan fingerprint density at radius 1 is 1.62 bits per heavy atom. The first-order chi connectivity index (χ1) is 3.80. The predicted molar refractivity (Wildman–Crippen MR) is 30.4 cm³/mol. The second-order valence-corrected chi connectivity index (χ2v) is 3.05. The van der Waals surface area contributed by atoms with E-state index in [1.54, 1.807) is 0 Å². The molecule has 0 heterocycles. The standard InChI is InChI=1S/C7H10O/c1-4-5-2-3-6(8)7(4)5/h4-5,7H,2-3H2,1H3/t4-,5-,7+/m0/s1. The van der Waals surface area contributed by atoms with Crippen molar-refractivity contribution >= 4 is 5.78 Å². The Bertz CT molecular complexity index is 139. The number of ketones is 1. The van der Waals surface area contributed by atoms with E-state index in [4.69, 9.17) is 0 Å². The summed E-state index contributed by atoms with van der Waals surface area (Å²) in [5.74, 6) is 2.59. The zero-order chi connectivity index (χ0) is 5.72. The molecule has 44 valence electrons. The Morgan fingerprint density at radius 3 is 2.62 bits per heavy atom. The van der Waals surface area contributed by atoms with Gasteiger partial charge in [-0.1, -0.05) is 6.92 Å². The van der Waals surface area contributed by atoms with Gasteiger partial charge in [0.1, 0.15) is 5.78 Å². The van der Waals surface area contributed by atoms with E-state index in [9.17, 15) is 4.79 Å². The minimum Gasteiger partial charge on any atom is -0.299 e. The fourth-order valence-electron chi connectivity index (χ4n) is 2.00. The maximum absolute atomic E-state index is 10.8. The van der Waals surface area contributed by atoms with E-state index < -0.39 is 0 Å². The first-order valence-electron chi connectivity index (χ1n) is 3.33. The summed E-state index contributed by atoms with van der Waals surface area (Å²) in [7, 11) is 0. The van der Waals surface area contributed by atoms with Gasteiger partial charge in [-0.15, -0.1) is 0 Å². The minimum absolute atomic E-state index is 0.509. The summed E-state index contributed by atoms with van der Waals surface area (Å²) in [6, 6.07) is 0. The minimum atomic E-state index is 0.509. The normalized spacial score (nSPS) is 51.6. The van der Waals surface area contributed by atoms with Crippen molar-refractivity contribution in [3.05, 3.63) is 0 Å². The van der Waals surface area contributed by atoms with Crippen molar-refractivity contribution in [2.24, 2.45) is 17.8 Å². The molecular weight excluding hydrogens is 100 g/mol. The second kappa shape index (κ2) is 1.15. The molecule has 1 nitrogen and oxygen atoms in total. The summed E-state index contributed by atoms with van der Waals surface area (Å²) in [4.78, 5) is 10.8. The smallest absolute Gasteiger partial charge is 0.136 e. The summed E-state index contributed by atoms with van der Waals surface area (Å²) in [5.41, 5.74) is 0. The number of hydrogen-bond donors (Lipinski definition) is 0. The van der Waals surface area contributed by atoms with Crippen LogP contribution in [0.5, 0.6) is 0 Å². The van der Waals surface area contributed by atoms with Gasteiger partial charge >= 0.3 is 0 Å². The number of fused-ring (bicyclic) bond motifs is 1.